The minimum absolute atomic E-state index is 0.293. The van der Waals surface area contributed by atoms with Gasteiger partial charge in [0.25, 0.3) is 0 Å². The second-order valence-electron chi connectivity index (χ2n) is 8.47. The molecule has 0 unspecified atom stereocenters. The number of rotatable bonds is 9. The van der Waals surface area contributed by atoms with Crippen molar-refractivity contribution in [3.05, 3.63) is 65.7 Å². The van der Waals surface area contributed by atoms with E-state index in [1.165, 1.54) is 27.7 Å². The molecule has 1 aliphatic heterocycles. The molecule has 0 bridgehead atoms. The summed E-state index contributed by atoms with van der Waals surface area (Å²) in [5, 5.41) is 0. The second kappa shape index (κ2) is 12.9. The summed E-state index contributed by atoms with van der Waals surface area (Å²) in [5.74, 6) is -2.09. The minimum Gasteiger partial charge on any atom is -0.489 e. The Morgan fingerprint density at radius 1 is 0.730 bits per heavy atom. The average molecular weight is 515 g/mol. The van der Waals surface area contributed by atoms with Crippen molar-refractivity contribution >= 4 is 23.9 Å². The molecule has 2 aromatic rings. The zero-order valence-electron chi connectivity index (χ0n) is 21.1. The normalized spacial score (nSPS) is 22.9. The highest BCUT2D eigenvalue weighted by Gasteiger charge is 2.52. The lowest BCUT2D eigenvalue weighted by Gasteiger charge is -2.44. The van der Waals surface area contributed by atoms with Crippen molar-refractivity contribution in [2.75, 3.05) is 6.61 Å². The van der Waals surface area contributed by atoms with E-state index in [9.17, 15) is 19.2 Å². The predicted molar refractivity (Wildman–Crippen MR) is 128 cm³/mol. The molecule has 5 atom stereocenters. The van der Waals surface area contributed by atoms with Crippen molar-refractivity contribution < 1.29 is 47.6 Å². The van der Waals surface area contributed by atoms with Gasteiger partial charge in [0, 0.05) is 27.7 Å². The lowest BCUT2D eigenvalue weighted by atomic mass is 9.90. The summed E-state index contributed by atoms with van der Waals surface area (Å²) >= 11 is 0. The predicted octanol–water partition coefficient (Wildman–Crippen LogP) is 3.06. The van der Waals surface area contributed by atoms with E-state index in [1.54, 1.807) is 24.3 Å². The van der Waals surface area contributed by atoms with Crippen LogP contribution in [0.3, 0.4) is 0 Å². The Morgan fingerprint density at radius 3 is 1.97 bits per heavy atom. The number of benzene rings is 2. The molecule has 0 N–H and O–H groups in total. The van der Waals surface area contributed by atoms with Gasteiger partial charge < -0.3 is 28.4 Å². The fourth-order valence-corrected chi connectivity index (χ4v) is 4.02. The third-order valence-electron chi connectivity index (χ3n) is 5.43. The molecule has 0 saturated carbocycles. The van der Waals surface area contributed by atoms with E-state index in [0.717, 1.165) is 5.56 Å². The van der Waals surface area contributed by atoms with Crippen LogP contribution in [0.2, 0.25) is 0 Å². The summed E-state index contributed by atoms with van der Waals surface area (Å²) in [6.45, 7) is 4.81. The van der Waals surface area contributed by atoms with Crippen LogP contribution in [0.5, 0.6) is 5.75 Å². The molecule has 0 aromatic heterocycles. The molecule has 37 heavy (non-hydrogen) atoms. The highest BCUT2D eigenvalue weighted by molar-refractivity contribution is 5.69. The second-order valence-corrected chi connectivity index (χ2v) is 8.47. The van der Waals surface area contributed by atoms with Crippen molar-refractivity contribution in [1.82, 2.24) is 0 Å². The molecule has 1 aliphatic rings. The Bertz CT molecular complexity index is 1100. The van der Waals surface area contributed by atoms with Crippen molar-refractivity contribution in [2.24, 2.45) is 0 Å². The number of ether oxygens (including phenoxy) is 6. The number of carbonyl (C=O) groups excluding carboxylic acids is 4. The number of hydrogen-bond donors (Lipinski definition) is 0. The van der Waals surface area contributed by atoms with Crippen LogP contribution >= 0.6 is 0 Å². The van der Waals surface area contributed by atoms with E-state index < -0.39 is 54.4 Å². The van der Waals surface area contributed by atoms with E-state index in [2.05, 4.69) is 0 Å². The maximum Gasteiger partial charge on any atom is 0.303 e. The van der Waals surface area contributed by atoms with Gasteiger partial charge in [0.15, 0.2) is 18.3 Å². The fraction of sp³-hybridized carbons (Fsp3) is 0.407. The Kier molecular flexibility index (Phi) is 9.62. The van der Waals surface area contributed by atoms with Gasteiger partial charge in [-0.05, 0) is 23.3 Å². The van der Waals surface area contributed by atoms with Crippen LogP contribution in [0, 0.1) is 0 Å². The Hall–Kier alpha value is -3.92. The molecule has 0 aliphatic carbocycles. The first kappa shape index (κ1) is 27.7. The molecule has 1 saturated heterocycles. The summed E-state index contributed by atoms with van der Waals surface area (Å²) < 4.78 is 33.7. The van der Waals surface area contributed by atoms with Gasteiger partial charge in [-0.15, -0.1) is 0 Å². The van der Waals surface area contributed by atoms with Crippen molar-refractivity contribution in [1.29, 1.82) is 0 Å². The Balaban J connectivity index is 1.97. The fourth-order valence-electron chi connectivity index (χ4n) is 4.02. The van der Waals surface area contributed by atoms with Crippen molar-refractivity contribution in [2.45, 2.75) is 64.8 Å². The molecule has 3 rings (SSSR count). The number of esters is 4. The summed E-state index contributed by atoms with van der Waals surface area (Å²) in [7, 11) is 0. The van der Waals surface area contributed by atoms with Crippen LogP contribution in [0.25, 0.3) is 0 Å². The first-order valence-electron chi connectivity index (χ1n) is 11.7. The quantitative estimate of drug-likeness (QED) is 0.364. The summed E-state index contributed by atoms with van der Waals surface area (Å²) in [4.78, 5) is 47.5. The largest absolute Gasteiger partial charge is 0.489 e. The first-order chi connectivity index (χ1) is 17.6. The molecule has 198 valence electrons. The topological polar surface area (TPSA) is 124 Å². The van der Waals surface area contributed by atoms with Gasteiger partial charge >= 0.3 is 23.9 Å². The summed E-state index contributed by atoms with van der Waals surface area (Å²) in [5.41, 5.74) is 1.52. The van der Waals surface area contributed by atoms with Crippen LogP contribution in [0.15, 0.2) is 54.6 Å². The Morgan fingerprint density at radius 2 is 1.35 bits per heavy atom. The zero-order valence-corrected chi connectivity index (χ0v) is 21.1. The SMILES string of the molecule is CC(=O)OC[C@H]1O[C@@H](c2cccc(OCc3ccccc3)c2)[C@H](OC(C)=O)[C@@H](OC(C)=O)[C@@H]1OC(C)=O. The molecule has 1 fully saturated rings. The van der Waals surface area contributed by atoms with E-state index in [4.69, 9.17) is 28.4 Å². The highest BCUT2D eigenvalue weighted by atomic mass is 16.7. The van der Waals surface area contributed by atoms with Gasteiger partial charge in [-0.25, -0.2) is 0 Å². The monoisotopic (exact) mass is 514 g/mol. The van der Waals surface area contributed by atoms with Gasteiger partial charge in [0.05, 0.1) is 0 Å². The maximum absolute atomic E-state index is 12.1. The van der Waals surface area contributed by atoms with Gasteiger partial charge in [-0.2, -0.15) is 0 Å². The summed E-state index contributed by atoms with van der Waals surface area (Å²) in [6, 6.07) is 16.5. The number of hydrogen-bond acceptors (Lipinski definition) is 10. The smallest absolute Gasteiger partial charge is 0.303 e. The lowest BCUT2D eigenvalue weighted by Crippen LogP contribution is -2.59. The molecule has 0 amide bonds. The maximum atomic E-state index is 12.1. The molecular formula is C27H30O10. The number of carbonyl (C=O) groups is 4. The van der Waals surface area contributed by atoms with Gasteiger partial charge in [0.2, 0.25) is 0 Å². The molecule has 2 aromatic carbocycles. The molecule has 1 heterocycles. The third-order valence-corrected chi connectivity index (χ3v) is 5.43. The highest BCUT2D eigenvalue weighted by Crippen LogP contribution is 2.38. The molecular weight excluding hydrogens is 484 g/mol. The van der Waals surface area contributed by atoms with E-state index in [-0.39, 0.29) is 6.61 Å². The van der Waals surface area contributed by atoms with Crippen LogP contribution in [0.1, 0.15) is 44.9 Å². The van der Waals surface area contributed by atoms with Gasteiger partial charge in [-0.3, -0.25) is 19.2 Å². The molecule has 0 spiro atoms. The molecule has 10 nitrogen and oxygen atoms in total. The van der Waals surface area contributed by atoms with Crippen LogP contribution in [-0.4, -0.2) is 54.9 Å². The van der Waals surface area contributed by atoms with E-state index >= 15 is 0 Å². The molecule has 10 heteroatoms. The van der Waals surface area contributed by atoms with E-state index in [1.807, 2.05) is 30.3 Å². The zero-order chi connectivity index (χ0) is 26.9. The van der Waals surface area contributed by atoms with Gasteiger partial charge in [0.1, 0.15) is 31.2 Å². The lowest BCUT2D eigenvalue weighted by molar-refractivity contribution is -0.254. The van der Waals surface area contributed by atoms with Crippen LogP contribution < -0.4 is 4.74 Å². The van der Waals surface area contributed by atoms with Gasteiger partial charge in [-0.1, -0.05) is 42.5 Å². The third kappa shape index (κ3) is 8.04. The van der Waals surface area contributed by atoms with E-state index in [0.29, 0.717) is 17.9 Å². The standard InChI is InChI=1S/C27H30O10/c1-16(28)32-15-23-25(34-17(2)29)27(36-19(4)31)26(35-18(3)30)24(37-23)21-11-8-12-22(13-21)33-14-20-9-6-5-7-10-20/h5-13,23-27H,14-15H2,1-4H3/t23-,24+,25-,26+,27+/m1/s1. The van der Waals surface area contributed by atoms with Crippen molar-refractivity contribution in [3.63, 3.8) is 0 Å². The van der Waals surface area contributed by atoms with Crippen LogP contribution in [0.4, 0.5) is 0 Å². The summed E-state index contributed by atoms with van der Waals surface area (Å²) in [6.07, 6.45) is -5.62. The first-order valence-corrected chi connectivity index (χ1v) is 11.7. The van der Waals surface area contributed by atoms with Crippen molar-refractivity contribution in [3.8, 4) is 5.75 Å². The average Bonchev–Trinajstić information content (AvgIpc) is 2.84. The Labute approximate surface area is 214 Å². The minimum atomic E-state index is -1.24. The van der Waals surface area contributed by atoms with Crippen LogP contribution in [-0.2, 0) is 49.5 Å². The molecule has 0 radical (unpaired) electrons.